The average molecular weight is 299 g/mol. The first kappa shape index (κ1) is 14.4. The number of anilines is 1. The summed E-state index contributed by atoms with van der Waals surface area (Å²) in [7, 11) is 3.63. The van der Waals surface area contributed by atoms with Gasteiger partial charge in [0.05, 0.1) is 41.5 Å². The molecule has 0 atom stereocenters. The van der Waals surface area contributed by atoms with E-state index in [-0.39, 0.29) is 6.61 Å². The van der Waals surface area contributed by atoms with Crippen LogP contribution in [-0.4, -0.2) is 29.2 Å². The number of thiazole rings is 2. The van der Waals surface area contributed by atoms with Crippen LogP contribution in [-0.2, 0) is 24.5 Å². The lowest BCUT2D eigenvalue weighted by Gasteiger charge is -2.14. The maximum atomic E-state index is 9.33. The molecule has 0 aliphatic rings. The summed E-state index contributed by atoms with van der Waals surface area (Å²) < 4.78 is 5.10. The van der Waals surface area contributed by atoms with Crippen LogP contribution in [0.5, 0.6) is 0 Å². The summed E-state index contributed by atoms with van der Waals surface area (Å²) >= 11 is 3.15. The van der Waals surface area contributed by atoms with Gasteiger partial charge in [0.2, 0.25) is 0 Å². The van der Waals surface area contributed by atoms with Gasteiger partial charge in [0.1, 0.15) is 0 Å². The Kier molecular flexibility index (Phi) is 4.87. The first-order chi connectivity index (χ1) is 9.15. The lowest BCUT2D eigenvalue weighted by molar-refractivity contribution is 0.179. The zero-order valence-electron chi connectivity index (χ0n) is 11.2. The molecule has 0 unspecified atom stereocenters. The zero-order chi connectivity index (χ0) is 13.8. The third kappa shape index (κ3) is 3.30. The standard InChI is InChI=1S/C12H17N3O2S2/c1-8-10(18-7-13-8)4-15(2)12-14-9(6-17-3)11(5-16)19-12/h7,16H,4-6H2,1-3H3. The van der Waals surface area contributed by atoms with E-state index in [1.54, 1.807) is 18.4 Å². The van der Waals surface area contributed by atoms with Crippen molar-refractivity contribution >= 4 is 27.8 Å². The predicted molar refractivity (Wildman–Crippen MR) is 77.7 cm³/mol. The highest BCUT2D eigenvalue weighted by Crippen LogP contribution is 2.28. The first-order valence-corrected chi connectivity index (χ1v) is 7.53. The Morgan fingerprint density at radius 3 is 2.79 bits per heavy atom. The van der Waals surface area contributed by atoms with E-state index in [1.165, 1.54) is 16.2 Å². The normalized spacial score (nSPS) is 10.9. The predicted octanol–water partition coefficient (Wildman–Crippen LogP) is 2.18. The van der Waals surface area contributed by atoms with Gasteiger partial charge in [-0.05, 0) is 6.92 Å². The van der Waals surface area contributed by atoms with Gasteiger partial charge >= 0.3 is 0 Å². The Morgan fingerprint density at radius 1 is 1.42 bits per heavy atom. The molecule has 0 aliphatic heterocycles. The Labute approximate surface area is 120 Å². The van der Waals surface area contributed by atoms with Crippen molar-refractivity contribution in [3.8, 4) is 0 Å². The SMILES string of the molecule is COCc1nc(N(C)Cc2scnc2C)sc1CO. The van der Waals surface area contributed by atoms with Gasteiger partial charge in [-0.2, -0.15) is 0 Å². The minimum Gasteiger partial charge on any atom is -0.391 e. The van der Waals surface area contributed by atoms with Gasteiger partial charge < -0.3 is 14.7 Å². The number of hydrogen-bond acceptors (Lipinski definition) is 7. The second-order valence-corrected chi connectivity index (χ2v) is 6.18. The van der Waals surface area contributed by atoms with Crippen LogP contribution in [0.25, 0.3) is 0 Å². The number of rotatable bonds is 6. The van der Waals surface area contributed by atoms with Gasteiger partial charge in [0.15, 0.2) is 5.13 Å². The number of aromatic nitrogens is 2. The summed E-state index contributed by atoms with van der Waals surface area (Å²) in [4.78, 5) is 12.9. The van der Waals surface area contributed by atoms with Crippen LogP contribution >= 0.6 is 22.7 Å². The van der Waals surface area contributed by atoms with Crippen LogP contribution in [0, 0.1) is 6.92 Å². The van der Waals surface area contributed by atoms with Gasteiger partial charge in [-0.1, -0.05) is 11.3 Å². The third-order valence-corrected chi connectivity index (χ3v) is 4.86. The highest BCUT2D eigenvalue weighted by Gasteiger charge is 2.14. The van der Waals surface area contributed by atoms with Crippen molar-refractivity contribution < 1.29 is 9.84 Å². The lowest BCUT2D eigenvalue weighted by Crippen LogP contribution is -2.16. The molecule has 7 heteroatoms. The molecule has 0 amide bonds. The molecule has 104 valence electrons. The summed E-state index contributed by atoms with van der Waals surface area (Å²) in [5.41, 5.74) is 3.74. The number of nitrogens with zero attached hydrogens (tertiary/aromatic N) is 3. The molecule has 0 spiro atoms. The van der Waals surface area contributed by atoms with E-state index in [1.807, 2.05) is 19.5 Å². The summed E-state index contributed by atoms with van der Waals surface area (Å²) in [6.07, 6.45) is 0. The summed E-state index contributed by atoms with van der Waals surface area (Å²) in [6.45, 7) is 3.22. The highest BCUT2D eigenvalue weighted by atomic mass is 32.1. The molecule has 2 aromatic rings. The fourth-order valence-electron chi connectivity index (χ4n) is 1.67. The van der Waals surface area contributed by atoms with Crippen molar-refractivity contribution in [3.05, 3.63) is 26.7 Å². The maximum Gasteiger partial charge on any atom is 0.186 e. The van der Waals surface area contributed by atoms with Crippen molar-refractivity contribution in [1.29, 1.82) is 0 Å². The van der Waals surface area contributed by atoms with Crippen molar-refractivity contribution in [1.82, 2.24) is 9.97 Å². The van der Waals surface area contributed by atoms with Gasteiger partial charge in [-0.15, -0.1) is 11.3 Å². The fraction of sp³-hybridized carbons (Fsp3) is 0.500. The van der Waals surface area contributed by atoms with E-state index in [9.17, 15) is 5.11 Å². The van der Waals surface area contributed by atoms with Gasteiger partial charge in [-0.3, -0.25) is 0 Å². The van der Waals surface area contributed by atoms with Gasteiger partial charge in [0.25, 0.3) is 0 Å². The lowest BCUT2D eigenvalue weighted by atomic mass is 10.4. The minimum absolute atomic E-state index is 0.00376. The average Bonchev–Trinajstić information content (AvgIpc) is 2.97. The molecule has 2 heterocycles. The molecule has 1 N–H and O–H groups in total. The number of aliphatic hydroxyl groups excluding tert-OH is 1. The van der Waals surface area contributed by atoms with Crippen LogP contribution < -0.4 is 4.90 Å². The van der Waals surface area contributed by atoms with E-state index < -0.39 is 0 Å². The molecule has 0 saturated heterocycles. The van der Waals surface area contributed by atoms with Crippen LogP contribution in [0.15, 0.2) is 5.51 Å². The minimum atomic E-state index is 0.00376. The van der Waals surface area contributed by atoms with Crippen LogP contribution in [0.1, 0.15) is 21.1 Å². The molecule has 19 heavy (non-hydrogen) atoms. The third-order valence-electron chi connectivity index (χ3n) is 2.74. The number of methoxy groups -OCH3 is 1. The monoisotopic (exact) mass is 299 g/mol. The van der Waals surface area contributed by atoms with Crippen molar-refractivity contribution in [3.63, 3.8) is 0 Å². The van der Waals surface area contributed by atoms with E-state index in [0.717, 1.165) is 27.9 Å². The van der Waals surface area contributed by atoms with E-state index >= 15 is 0 Å². The molecule has 0 bridgehead atoms. The second-order valence-electron chi connectivity index (χ2n) is 4.17. The number of aryl methyl sites for hydroxylation is 1. The molecule has 0 aromatic carbocycles. The molecule has 2 rings (SSSR count). The second kappa shape index (κ2) is 6.42. The van der Waals surface area contributed by atoms with Crippen molar-refractivity contribution in [2.24, 2.45) is 0 Å². The maximum absolute atomic E-state index is 9.33. The molecule has 0 fully saturated rings. The zero-order valence-corrected chi connectivity index (χ0v) is 12.8. The molecule has 5 nitrogen and oxygen atoms in total. The fourth-order valence-corrected chi connectivity index (χ4v) is 3.38. The van der Waals surface area contributed by atoms with Crippen LogP contribution in [0.3, 0.4) is 0 Å². The largest absolute Gasteiger partial charge is 0.391 e. The summed E-state index contributed by atoms with van der Waals surface area (Å²) in [5, 5.41) is 10.2. The smallest absolute Gasteiger partial charge is 0.186 e. The molecule has 2 aromatic heterocycles. The van der Waals surface area contributed by atoms with Gasteiger partial charge in [-0.25, -0.2) is 9.97 Å². The Morgan fingerprint density at radius 2 is 2.21 bits per heavy atom. The highest BCUT2D eigenvalue weighted by molar-refractivity contribution is 7.15. The molecular weight excluding hydrogens is 282 g/mol. The van der Waals surface area contributed by atoms with Crippen molar-refractivity contribution in [2.45, 2.75) is 26.7 Å². The molecule has 0 saturated carbocycles. The van der Waals surface area contributed by atoms with Crippen LogP contribution in [0.2, 0.25) is 0 Å². The summed E-state index contributed by atoms with van der Waals surface area (Å²) in [6, 6.07) is 0. The van der Waals surface area contributed by atoms with Gasteiger partial charge in [0, 0.05) is 19.0 Å². The van der Waals surface area contributed by atoms with E-state index in [0.29, 0.717) is 6.61 Å². The van der Waals surface area contributed by atoms with E-state index in [4.69, 9.17) is 4.74 Å². The number of ether oxygens (including phenoxy) is 1. The molecule has 0 aliphatic carbocycles. The van der Waals surface area contributed by atoms with Crippen LogP contribution in [0.4, 0.5) is 5.13 Å². The Bertz CT molecular complexity index is 539. The quantitative estimate of drug-likeness (QED) is 0.886. The Hall–Kier alpha value is -1.02. The van der Waals surface area contributed by atoms with E-state index in [2.05, 4.69) is 14.9 Å². The number of hydrogen-bond donors (Lipinski definition) is 1. The molecular formula is C12H17N3O2S2. The first-order valence-electron chi connectivity index (χ1n) is 5.84. The summed E-state index contributed by atoms with van der Waals surface area (Å²) in [5.74, 6) is 0. The number of aliphatic hydroxyl groups is 1. The topological polar surface area (TPSA) is 58.5 Å². The van der Waals surface area contributed by atoms with Crippen molar-refractivity contribution in [2.75, 3.05) is 19.1 Å². The molecule has 0 radical (unpaired) electrons. The Balaban J connectivity index is 2.14.